The lowest BCUT2D eigenvalue weighted by molar-refractivity contribution is -0.150. The van der Waals surface area contributed by atoms with Gasteiger partial charge in [0.25, 0.3) is 0 Å². The third-order valence-electron chi connectivity index (χ3n) is 3.81. The average Bonchev–Trinajstić information content (AvgIpc) is 2.29. The van der Waals surface area contributed by atoms with E-state index in [1.807, 2.05) is 13.8 Å². The van der Waals surface area contributed by atoms with Crippen molar-refractivity contribution in [2.75, 3.05) is 13.7 Å². The van der Waals surface area contributed by atoms with E-state index in [0.29, 0.717) is 6.04 Å². The van der Waals surface area contributed by atoms with Gasteiger partial charge in [0.15, 0.2) is 0 Å². The molecule has 1 aliphatic rings. The highest BCUT2D eigenvalue weighted by molar-refractivity contribution is 5.79. The molecular formula is C13H25NO3. The standard InChI is InChI=1S/C13H25NO3/c1-10(2)13(9-17-3,12(15)16)14-11-7-5-4-6-8-11/h10-11,14H,4-9H2,1-3H3,(H,15,16). The van der Waals surface area contributed by atoms with Gasteiger partial charge in [0.05, 0.1) is 6.61 Å². The van der Waals surface area contributed by atoms with Crippen molar-refractivity contribution in [2.24, 2.45) is 5.92 Å². The fraction of sp³-hybridized carbons (Fsp3) is 0.923. The Kier molecular flexibility index (Phi) is 5.40. The Bertz CT molecular complexity index is 249. The number of carbonyl (C=O) groups is 1. The fourth-order valence-electron chi connectivity index (χ4n) is 2.58. The zero-order valence-corrected chi connectivity index (χ0v) is 11.2. The van der Waals surface area contributed by atoms with Crippen LogP contribution in [0, 0.1) is 5.92 Å². The van der Waals surface area contributed by atoms with Gasteiger partial charge < -0.3 is 9.84 Å². The van der Waals surface area contributed by atoms with Gasteiger partial charge in [-0.3, -0.25) is 10.1 Å². The monoisotopic (exact) mass is 243 g/mol. The predicted molar refractivity (Wildman–Crippen MR) is 67.1 cm³/mol. The maximum atomic E-state index is 11.6. The maximum Gasteiger partial charge on any atom is 0.326 e. The van der Waals surface area contributed by atoms with Gasteiger partial charge >= 0.3 is 5.97 Å². The molecule has 2 N–H and O–H groups in total. The summed E-state index contributed by atoms with van der Waals surface area (Å²) in [5.41, 5.74) is -0.948. The van der Waals surface area contributed by atoms with Gasteiger partial charge in [-0.05, 0) is 18.8 Å². The van der Waals surface area contributed by atoms with E-state index in [0.717, 1.165) is 12.8 Å². The van der Waals surface area contributed by atoms with E-state index < -0.39 is 11.5 Å². The van der Waals surface area contributed by atoms with E-state index in [2.05, 4.69) is 5.32 Å². The summed E-state index contributed by atoms with van der Waals surface area (Å²) >= 11 is 0. The highest BCUT2D eigenvalue weighted by Gasteiger charge is 2.43. The first-order valence-electron chi connectivity index (χ1n) is 6.53. The zero-order chi connectivity index (χ0) is 12.9. The van der Waals surface area contributed by atoms with Gasteiger partial charge in [-0.2, -0.15) is 0 Å². The maximum absolute atomic E-state index is 11.6. The molecule has 1 rings (SSSR count). The first kappa shape index (κ1) is 14.5. The molecule has 0 aromatic heterocycles. The number of nitrogens with one attached hydrogen (secondary N) is 1. The van der Waals surface area contributed by atoms with Crippen molar-refractivity contribution in [3.63, 3.8) is 0 Å². The Hall–Kier alpha value is -0.610. The largest absolute Gasteiger partial charge is 0.480 e. The number of ether oxygens (including phenoxy) is 1. The third-order valence-corrected chi connectivity index (χ3v) is 3.81. The van der Waals surface area contributed by atoms with Crippen LogP contribution < -0.4 is 5.32 Å². The summed E-state index contributed by atoms with van der Waals surface area (Å²) in [4.78, 5) is 11.6. The van der Waals surface area contributed by atoms with Gasteiger partial charge in [0, 0.05) is 13.2 Å². The minimum absolute atomic E-state index is 0.00174. The number of rotatable bonds is 6. The lowest BCUT2D eigenvalue weighted by Crippen LogP contribution is -2.62. The first-order valence-corrected chi connectivity index (χ1v) is 6.53. The molecule has 0 spiro atoms. The molecule has 4 heteroatoms. The second-order valence-electron chi connectivity index (χ2n) is 5.34. The molecule has 0 aromatic rings. The summed E-state index contributed by atoms with van der Waals surface area (Å²) in [6, 6.07) is 0.317. The van der Waals surface area contributed by atoms with Crippen LogP contribution in [0.2, 0.25) is 0 Å². The van der Waals surface area contributed by atoms with Crippen molar-refractivity contribution in [3.05, 3.63) is 0 Å². The third kappa shape index (κ3) is 3.42. The topological polar surface area (TPSA) is 58.6 Å². The number of aliphatic carboxylic acids is 1. The van der Waals surface area contributed by atoms with Gasteiger partial charge in [-0.25, -0.2) is 0 Å². The fourth-order valence-corrected chi connectivity index (χ4v) is 2.58. The van der Waals surface area contributed by atoms with Crippen molar-refractivity contribution in [2.45, 2.75) is 57.5 Å². The van der Waals surface area contributed by atoms with Crippen LogP contribution in [0.5, 0.6) is 0 Å². The van der Waals surface area contributed by atoms with E-state index in [1.54, 1.807) is 7.11 Å². The van der Waals surface area contributed by atoms with Crippen LogP contribution in [0.25, 0.3) is 0 Å². The van der Waals surface area contributed by atoms with E-state index in [9.17, 15) is 9.90 Å². The van der Waals surface area contributed by atoms with Gasteiger partial charge in [0.1, 0.15) is 5.54 Å². The van der Waals surface area contributed by atoms with Crippen LogP contribution in [-0.2, 0) is 9.53 Å². The number of carboxylic acids is 1. The second-order valence-corrected chi connectivity index (χ2v) is 5.34. The normalized spacial score (nSPS) is 21.4. The molecule has 1 atom stereocenters. The summed E-state index contributed by atoms with van der Waals surface area (Å²) < 4.78 is 5.13. The molecule has 0 saturated heterocycles. The van der Waals surface area contributed by atoms with Crippen LogP contribution in [0.15, 0.2) is 0 Å². The van der Waals surface area contributed by atoms with Crippen LogP contribution in [0.4, 0.5) is 0 Å². The Labute approximate surface area is 104 Å². The minimum atomic E-state index is -0.948. The van der Waals surface area contributed by atoms with Crippen LogP contribution in [0.3, 0.4) is 0 Å². The molecule has 100 valence electrons. The molecule has 1 saturated carbocycles. The van der Waals surface area contributed by atoms with Crippen LogP contribution >= 0.6 is 0 Å². The molecule has 17 heavy (non-hydrogen) atoms. The molecule has 1 fully saturated rings. The minimum Gasteiger partial charge on any atom is -0.480 e. The van der Waals surface area contributed by atoms with E-state index in [1.165, 1.54) is 19.3 Å². The Morgan fingerprint density at radius 1 is 1.41 bits per heavy atom. The molecule has 1 unspecified atom stereocenters. The van der Waals surface area contributed by atoms with Gasteiger partial charge in [0.2, 0.25) is 0 Å². The molecule has 0 radical (unpaired) electrons. The van der Waals surface area contributed by atoms with Crippen molar-refractivity contribution in [1.82, 2.24) is 5.32 Å². The Morgan fingerprint density at radius 3 is 2.41 bits per heavy atom. The van der Waals surface area contributed by atoms with Crippen molar-refractivity contribution >= 4 is 5.97 Å². The first-order chi connectivity index (χ1) is 8.03. The van der Waals surface area contributed by atoms with E-state index in [4.69, 9.17) is 4.74 Å². The molecule has 0 bridgehead atoms. The Balaban J connectivity index is 2.76. The highest BCUT2D eigenvalue weighted by atomic mass is 16.5. The Morgan fingerprint density at radius 2 is 2.00 bits per heavy atom. The number of methoxy groups -OCH3 is 1. The van der Waals surface area contributed by atoms with Gasteiger partial charge in [-0.15, -0.1) is 0 Å². The van der Waals surface area contributed by atoms with Gasteiger partial charge in [-0.1, -0.05) is 33.1 Å². The zero-order valence-electron chi connectivity index (χ0n) is 11.2. The SMILES string of the molecule is COCC(NC1CCCCC1)(C(=O)O)C(C)C. The predicted octanol–water partition coefficient (Wildman–Crippen LogP) is 2.03. The number of hydrogen-bond acceptors (Lipinski definition) is 3. The highest BCUT2D eigenvalue weighted by Crippen LogP contribution is 2.24. The number of hydrogen-bond donors (Lipinski definition) is 2. The van der Waals surface area contributed by atoms with Crippen molar-refractivity contribution in [3.8, 4) is 0 Å². The quantitative estimate of drug-likeness (QED) is 0.749. The summed E-state index contributed by atoms with van der Waals surface area (Å²) in [6.45, 7) is 4.09. The molecule has 0 aliphatic heterocycles. The lowest BCUT2D eigenvalue weighted by atomic mass is 9.84. The summed E-state index contributed by atoms with van der Waals surface area (Å²) in [5, 5.41) is 12.9. The smallest absolute Gasteiger partial charge is 0.326 e. The van der Waals surface area contributed by atoms with Crippen molar-refractivity contribution in [1.29, 1.82) is 0 Å². The van der Waals surface area contributed by atoms with Crippen molar-refractivity contribution < 1.29 is 14.6 Å². The molecule has 0 amide bonds. The molecule has 0 heterocycles. The second kappa shape index (κ2) is 6.36. The summed E-state index contributed by atoms with van der Waals surface area (Å²) in [6.07, 6.45) is 5.80. The van der Waals surface area contributed by atoms with Crippen LogP contribution in [0.1, 0.15) is 46.0 Å². The van der Waals surface area contributed by atoms with Crippen LogP contribution in [-0.4, -0.2) is 36.4 Å². The molecular weight excluding hydrogens is 218 g/mol. The molecule has 0 aromatic carbocycles. The summed E-state index contributed by atoms with van der Waals surface area (Å²) in [5.74, 6) is -0.804. The molecule has 4 nitrogen and oxygen atoms in total. The van der Waals surface area contributed by atoms with E-state index >= 15 is 0 Å². The summed E-state index contributed by atoms with van der Waals surface area (Å²) in [7, 11) is 1.56. The molecule has 1 aliphatic carbocycles. The number of carboxylic acid groups (broad SMARTS) is 1. The lowest BCUT2D eigenvalue weighted by Gasteiger charge is -2.38. The van der Waals surface area contributed by atoms with E-state index in [-0.39, 0.29) is 12.5 Å². The average molecular weight is 243 g/mol.